The molecule has 0 saturated heterocycles. The van der Waals surface area contributed by atoms with Gasteiger partial charge >= 0.3 is 0 Å². The quantitative estimate of drug-likeness (QED) is 0.919. The number of amides is 1. The van der Waals surface area contributed by atoms with Gasteiger partial charge in [0.25, 0.3) is 0 Å². The van der Waals surface area contributed by atoms with Gasteiger partial charge < -0.3 is 10.0 Å². The number of nitrogens with zero attached hydrogens (tertiary/aromatic N) is 2. The van der Waals surface area contributed by atoms with Crippen LogP contribution in [0.5, 0.6) is 5.75 Å². The average molecular weight is 330 g/mol. The van der Waals surface area contributed by atoms with E-state index in [0.717, 1.165) is 29.2 Å². The first-order chi connectivity index (χ1) is 10.8. The third kappa shape index (κ3) is 3.55. The highest BCUT2D eigenvalue weighted by Gasteiger charge is 2.23. The molecule has 0 bridgehead atoms. The van der Waals surface area contributed by atoms with Gasteiger partial charge in [0.15, 0.2) is 0 Å². The van der Waals surface area contributed by atoms with Crippen molar-refractivity contribution in [2.45, 2.75) is 45.6 Å². The highest BCUT2D eigenvalue weighted by atomic mass is 32.1. The fraction of sp³-hybridized carbons (Fsp3) is 0.444. The van der Waals surface area contributed by atoms with Crippen LogP contribution in [-0.4, -0.2) is 27.4 Å². The minimum atomic E-state index is 0.0214. The first kappa shape index (κ1) is 16.0. The maximum absolute atomic E-state index is 12.5. The largest absolute Gasteiger partial charge is 0.508 e. The Kier molecular flexibility index (Phi) is 4.15. The summed E-state index contributed by atoms with van der Waals surface area (Å²) in [5.41, 5.74) is 3.13. The predicted octanol–water partition coefficient (Wildman–Crippen LogP) is 3.27. The van der Waals surface area contributed by atoms with Crippen LogP contribution < -0.4 is 0 Å². The normalized spacial score (nSPS) is 14.7. The van der Waals surface area contributed by atoms with Gasteiger partial charge in [-0.05, 0) is 29.7 Å². The lowest BCUT2D eigenvalue weighted by atomic mass is 9.98. The van der Waals surface area contributed by atoms with E-state index in [9.17, 15) is 9.90 Å². The van der Waals surface area contributed by atoms with Crippen LogP contribution in [0.4, 0.5) is 0 Å². The Morgan fingerprint density at radius 1 is 1.35 bits per heavy atom. The molecule has 1 aliphatic rings. The van der Waals surface area contributed by atoms with Gasteiger partial charge in [-0.2, -0.15) is 0 Å². The van der Waals surface area contributed by atoms with Gasteiger partial charge in [0, 0.05) is 23.9 Å². The Bertz CT molecular complexity index is 731. The van der Waals surface area contributed by atoms with Crippen LogP contribution in [0.1, 0.15) is 42.6 Å². The smallest absolute Gasteiger partial charge is 0.228 e. The lowest BCUT2D eigenvalue weighted by Crippen LogP contribution is -2.37. The second-order valence-corrected chi connectivity index (χ2v) is 7.95. The van der Waals surface area contributed by atoms with E-state index in [2.05, 4.69) is 25.8 Å². The molecule has 0 aliphatic carbocycles. The Hall–Kier alpha value is -1.88. The zero-order valence-corrected chi connectivity index (χ0v) is 14.6. The Morgan fingerprint density at radius 2 is 2.13 bits per heavy atom. The molecule has 0 spiro atoms. The van der Waals surface area contributed by atoms with Crippen LogP contribution in [-0.2, 0) is 29.6 Å². The van der Waals surface area contributed by atoms with Crippen molar-refractivity contribution in [3.05, 3.63) is 45.4 Å². The van der Waals surface area contributed by atoms with Gasteiger partial charge in [0.2, 0.25) is 5.91 Å². The van der Waals surface area contributed by atoms with Crippen LogP contribution in [0, 0.1) is 0 Å². The average Bonchev–Trinajstić information content (AvgIpc) is 2.95. The van der Waals surface area contributed by atoms with Gasteiger partial charge in [0.05, 0.1) is 17.1 Å². The molecule has 2 heterocycles. The van der Waals surface area contributed by atoms with Crippen LogP contribution in [0.15, 0.2) is 23.6 Å². The molecular formula is C18H22N2O2S. The summed E-state index contributed by atoms with van der Waals surface area (Å²) in [5, 5.41) is 12.7. The highest BCUT2D eigenvalue weighted by Crippen LogP contribution is 2.27. The molecule has 1 aromatic heterocycles. The molecule has 0 saturated carbocycles. The molecule has 0 atom stereocenters. The number of carbonyl (C=O) groups is 1. The Morgan fingerprint density at radius 3 is 2.83 bits per heavy atom. The van der Waals surface area contributed by atoms with Crippen molar-refractivity contribution in [1.82, 2.24) is 9.88 Å². The lowest BCUT2D eigenvalue weighted by molar-refractivity contribution is -0.131. The van der Waals surface area contributed by atoms with Crippen molar-refractivity contribution < 1.29 is 9.90 Å². The number of hydrogen-bond acceptors (Lipinski definition) is 4. The van der Waals surface area contributed by atoms with Gasteiger partial charge in [-0.1, -0.05) is 26.8 Å². The summed E-state index contributed by atoms with van der Waals surface area (Å²) in [6, 6.07) is 5.41. The summed E-state index contributed by atoms with van der Waals surface area (Å²) < 4.78 is 0. The van der Waals surface area contributed by atoms with Crippen LogP contribution in [0.3, 0.4) is 0 Å². The van der Waals surface area contributed by atoms with Crippen LogP contribution in [0.25, 0.3) is 0 Å². The molecule has 3 rings (SSSR count). The van der Waals surface area contributed by atoms with E-state index in [4.69, 9.17) is 0 Å². The first-order valence-corrected chi connectivity index (χ1v) is 8.74. The van der Waals surface area contributed by atoms with Gasteiger partial charge in [-0.15, -0.1) is 11.3 Å². The number of thiazole rings is 1. The third-order valence-electron chi connectivity index (χ3n) is 4.08. The maximum atomic E-state index is 12.5. The van der Waals surface area contributed by atoms with Crippen molar-refractivity contribution in [2.24, 2.45) is 0 Å². The van der Waals surface area contributed by atoms with Crippen LogP contribution >= 0.6 is 11.3 Å². The topological polar surface area (TPSA) is 53.4 Å². The molecule has 1 aliphatic heterocycles. The summed E-state index contributed by atoms with van der Waals surface area (Å²) >= 11 is 1.62. The molecule has 122 valence electrons. The second kappa shape index (κ2) is 5.96. The van der Waals surface area contributed by atoms with Gasteiger partial charge in [-0.3, -0.25) is 4.79 Å². The highest BCUT2D eigenvalue weighted by molar-refractivity contribution is 7.09. The number of carbonyl (C=O) groups excluding carboxylic acids is 1. The van der Waals surface area contributed by atoms with E-state index in [1.165, 1.54) is 5.56 Å². The molecule has 5 heteroatoms. The number of benzene rings is 1. The minimum absolute atomic E-state index is 0.0214. The molecular weight excluding hydrogens is 308 g/mol. The fourth-order valence-electron chi connectivity index (χ4n) is 2.76. The van der Waals surface area contributed by atoms with Gasteiger partial charge in [-0.25, -0.2) is 4.98 Å². The van der Waals surface area contributed by atoms with E-state index in [0.29, 0.717) is 13.0 Å². The van der Waals surface area contributed by atoms with Crippen molar-refractivity contribution in [3.63, 3.8) is 0 Å². The molecule has 0 unspecified atom stereocenters. The summed E-state index contributed by atoms with van der Waals surface area (Å²) in [7, 11) is 0. The Balaban J connectivity index is 1.69. The monoisotopic (exact) mass is 330 g/mol. The third-order valence-corrected chi connectivity index (χ3v) is 5.40. The van der Waals surface area contributed by atoms with E-state index in [1.807, 2.05) is 16.3 Å². The van der Waals surface area contributed by atoms with E-state index in [1.54, 1.807) is 23.5 Å². The second-order valence-electron chi connectivity index (χ2n) is 7.09. The van der Waals surface area contributed by atoms with Crippen molar-refractivity contribution in [3.8, 4) is 5.75 Å². The molecule has 2 aromatic rings. The molecule has 23 heavy (non-hydrogen) atoms. The number of phenols is 1. The SMILES string of the molecule is CC(C)(C)c1nc(CC(=O)N2CCc3ccc(O)cc3C2)cs1. The summed E-state index contributed by atoms with van der Waals surface area (Å²) in [6.45, 7) is 7.69. The zero-order chi connectivity index (χ0) is 16.6. The zero-order valence-electron chi connectivity index (χ0n) is 13.8. The fourth-order valence-corrected chi connectivity index (χ4v) is 3.66. The van der Waals surface area contributed by atoms with E-state index in [-0.39, 0.29) is 17.1 Å². The standard InChI is InChI=1S/C18H22N2O2S/c1-18(2,3)17-19-14(11-23-17)9-16(22)20-7-6-12-4-5-15(21)8-13(12)10-20/h4-5,8,11,21H,6-7,9-10H2,1-3H3. The lowest BCUT2D eigenvalue weighted by Gasteiger charge is -2.29. The van der Waals surface area contributed by atoms with Crippen molar-refractivity contribution in [1.29, 1.82) is 0 Å². The number of hydrogen-bond donors (Lipinski definition) is 1. The predicted molar refractivity (Wildman–Crippen MR) is 91.7 cm³/mol. The number of phenolic OH excluding ortho intramolecular Hbond substituents is 1. The molecule has 1 aromatic carbocycles. The van der Waals surface area contributed by atoms with E-state index < -0.39 is 0 Å². The number of fused-ring (bicyclic) bond motifs is 1. The number of aromatic nitrogens is 1. The Labute approximate surface area is 140 Å². The molecule has 0 radical (unpaired) electrons. The number of rotatable bonds is 2. The molecule has 0 fully saturated rings. The molecule has 1 N–H and O–H groups in total. The van der Waals surface area contributed by atoms with E-state index >= 15 is 0 Å². The minimum Gasteiger partial charge on any atom is -0.508 e. The van der Waals surface area contributed by atoms with Gasteiger partial charge in [0.1, 0.15) is 5.75 Å². The summed E-state index contributed by atoms with van der Waals surface area (Å²) in [5.74, 6) is 0.358. The number of aromatic hydroxyl groups is 1. The van der Waals surface area contributed by atoms with Crippen LogP contribution in [0.2, 0.25) is 0 Å². The maximum Gasteiger partial charge on any atom is 0.228 e. The van der Waals surface area contributed by atoms with Crippen molar-refractivity contribution >= 4 is 17.2 Å². The van der Waals surface area contributed by atoms with Crippen molar-refractivity contribution in [2.75, 3.05) is 6.54 Å². The molecule has 4 nitrogen and oxygen atoms in total. The first-order valence-electron chi connectivity index (χ1n) is 7.86. The summed E-state index contributed by atoms with van der Waals surface area (Å²) in [6.07, 6.45) is 1.19. The summed E-state index contributed by atoms with van der Waals surface area (Å²) in [4.78, 5) is 19.0. The molecule has 1 amide bonds.